The zero-order valence-electron chi connectivity index (χ0n) is 16.1. The van der Waals surface area contributed by atoms with E-state index >= 15 is 0 Å². The van der Waals surface area contributed by atoms with Crippen molar-refractivity contribution in [3.8, 4) is 11.8 Å². The first-order valence-electron chi connectivity index (χ1n) is 9.46. The molecule has 5 rings (SSSR count). The molecule has 8 nitrogen and oxygen atoms in total. The summed E-state index contributed by atoms with van der Waals surface area (Å²) in [4.78, 5) is 23.4. The summed E-state index contributed by atoms with van der Waals surface area (Å²) in [6.45, 7) is 0.945. The van der Waals surface area contributed by atoms with Gasteiger partial charge in [0.1, 0.15) is 24.0 Å². The fourth-order valence-electron chi connectivity index (χ4n) is 3.84. The van der Waals surface area contributed by atoms with Gasteiger partial charge in [-0.15, -0.1) is 3.89 Å². The van der Waals surface area contributed by atoms with Crippen LogP contribution in [0.2, 0.25) is 0 Å². The molecule has 31 heavy (non-hydrogen) atoms. The highest BCUT2D eigenvalue weighted by atomic mass is 32.2. The number of aromatic nitrogens is 4. The van der Waals surface area contributed by atoms with Crippen LogP contribution in [-0.4, -0.2) is 31.1 Å². The van der Waals surface area contributed by atoms with Crippen molar-refractivity contribution in [2.45, 2.75) is 13.0 Å². The molecular formula is C21H15FN6O2S. The summed E-state index contributed by atoms with van der Waals surface area (Å²) in [5.74, 6) is 1.06. The molecule has 4 heterocycles. The molecule has 3 aromatic heterocycles. The maximum absolute atomic E-state index is 13.1. The molecule has 0 aliphatic carbocycles. The quantitative estimate of drug-likeness (QED) is 0.480. The van der Waals surface area contributed by atoms with Crippen LogP contribution in [0.4, 0.5) is 14.5 Å². The number of para-hydroxylation sites is 1. The van der Waals surface area contributed by atoms with Crippen molar-refractivity contribution in [1.29, 1.82) is 5.26 Å². The Morgan fingerprint density at radius 1 is 1.23 bits per heavy atom. The molecule has 154 valence electrons. The van der Waals surface area contributed by atoms with Gasteiger partial charge in [0.15, 0.2) is 18.0 Å². The lowest BCUT2D eigenvalue weighted by Crippen LogP contribution is -2.33. The molecular weight excluding hydrogens is 419 g/mol. The third-order valence-corrected chi connectivity index (χ3v) is 5.70. The highest BCUT2D eigenvalue weighted by Gasteiger charge is 2.28. The second kappa shape index (κ2) is 7.77. The third kappa shape index (κ3) is 3.29. The van der Waals surface area contributed by atoms with E-state index in [0.717, 1.165) is 5.56 Å². The Morgan fingerprint density at radius 3 is 2.84 bits per heavy atom. The average molecular weight is 434 g/mol. The lowest BCUT2D eigenvalue weighted by molar-refractivity contribution is 0.201. The van der Waals surface area contributed by atoms with Gasteiger partial charge in [0.2, 0.25) is 0 Å². The largest absolute Gasteiger partial charge is 0.423 e. The zero-order valence-corrected chi connectivity index (χ0v) is 16.9. The van der Waals surface area contributed by atoms with Crippen molar-refractivity contribution in [3.05, 3.63) is 71.9 Å². The first-order valence-corrected chi connectivity index (χ1v) is 10.1. The van der Waals surface area contributed by atoms with E-state index in [9.17, 15) is 13.9 Å². The zero-order chi connectivity index (χ0) is 21.4. The smallest absolute Gasteiger partial charge is 0.410 e. The van der Waals surface area contributed by atoms with Crippen molar-refractivity contribution in [2.24, 2.45) is 0 Å². The van der Waals surface area contributed by atoms with Crippen molar-refractivity contribution in [1.82, 2.24) is 18.5 Å². The van der Waals surface area contributed by atoms with Crippen LogP contribution in [0.3, 0.4) is 0 Å². The summed E-state index contributed by atoms with van der Waals surface area (Å²) in [5, 5.41) is 10.3. The van der Waals surface area contributed by atoms with Gasteiger partial charge in [0, 0.05) is 18.9 Å². The molecule has 0 atom stereocenters. The van der Waals surface area contributed by atoms with E-state index in [4.69, 9.17) is 4.74 Å². The van der Waals surface area contributed by atoms with Gasteiger partial charge in [-0.2, -0.15) is 5.26 Å². The van der Waals surface area contributed by atoms with Gasteiger partial charge in [0.05, 0.1) is 23.2 Å². The number of fused-ring (bicyclic) bond motifs is 2. The highest BCUT2D eigenvalue weighted by Crippen LogP contribution is 2.32. The van der Waals surface area contributed by atoms with Crippen LogP contribution in [-0.2, 0) is 13.0 Å². The number of carbonyl (C=O) groups excluding carboxylic acids is 1. The number of hydrogen-bond donors (Lipinski definition) is 0. The number of benzene rings is 1. The first kappa shape index (κ1) is 19.1. The van der Waals surface area contributed by atoms with Gasteiger partial charge in [-0.25, -0.2) is 18.7 Å². The minimum Gasteiger partial charge on any atom is -0.410 e. The summed E-state index contributed by atoms with van der Waals surface area (Å²) >= 11 is 0.0690. The van der Waals surface area contributed by atoms with Gasteiger partial charge in [-0.05, 0) is 30.2 Å². The Hall–Kier alpha value is -3.84. The van der Waals surface area contributed by atoms with E-state index < -0.39 is 6.09 Å². The SMILES string of the molecule is N#Cc1cn(C(=O)Oc2ccccc2)c2c1CCN(c1ncnc3c1ccn3SF)C2. The second-order valence-electron chi connectivity index (χ2n) is 6.95. The summed E-state index contributed by atoms with van der Waals surface area (Å²) < 4.78 is 21.3. The Kier molecular flexibility index (Phi) is 4.80. The van der Waals surface area contributed by atoms with Crippen LogP contribution in [0.15, 0.2) is 55.1 Å². The second-order valence-corrected chi connectivity index (χ2v) is 7.48. The molecule has 0 bridgehead atoms. The van der Waals surface area contributed by atoms with Crippen molar-refractivity contribution >= 4 is 35.3 Å². The minimum atomic E-state index is -0.585. The molecule has 0 amide bonds. The first-order chi connectivity index (χ1) is 15.2. The number of anilines is 1. The summed E-state index contributed by atoms with van der Waals surface area (Å²) in [6.07, 6.45) is 4.48. The Labute approximate surface area is 180 Å². The lowest BCUT2D eigenvalue weighted by atomic mass is 10.0. The van der Waals surface area contributed by atoms with Crippen LogP contribution in [0.5, 0.6) is 5.75 Å². The number of nitrogens with zero attached hydrogens (tertiary/aromatic N) is 6. The number of halogens is 1. The van der Waals surface area contributed by atoms with Gasteiger partial charge in [0.25, 0.3) is 0 Å². The molecule has 0 N–H and O–H groups in total. The van der Waals surface area contributed by atoms with Gasteiger partial charge in [-0.3, -0.25) is 4.57 Å². The Morgan fingerprint density at radius 2 is 2.06 bits per heavy atom. The molecule has 0 saturated heterocycles. The van der Waals surface area contributed by atoms with Gasteiger partial charge < -0.3 is 9.64 Å². The topological polar surface area (TPSA) is 89.0 Å². The van der Waals surface area contributed by atoms with Crippen LogP contribution in [0, 0.1) is 11.3 Å². The minimum absolute atomic E-state index is 0.0690. The summed E-state index contributed by atoms with van der Waals surface area (Å²) in [5.41, 5.74) is 2.42. The van der Waals surface area contributed by atoms with Crippen LogP contribution in [0.1, 0.15) is 16.8 Å². The molecule has 0 fully saturated rings. The van der Waals surface area contributed by atoms with Crippen molar-refractivity contribution in [2.75, 3.05) is 11.4 Å². The highest BCUT2D eigenvalue weighted by molar-refractivity contribution is 7.92. The van der Waals surface area contributed by atoms with E-state index in [-0.39, 0.29) is 12.3 Å². The number of hydrogen-bond acceptors (Lipinski definition) is 7. The van der Waals surface area contributed by atoms with Crippen LogP contribution >= 0.6 is 12.3 Å². The van der Waals surface area contributed by atoms with E-state index in [0.29, 0.717) is 53.4 Å². The lowest BCUT2D eigenvalue weighted by Gasteiger charge is -2.29. The molecule has 0 unspecified atom stereocenters. The number of nitriles is 1. The molecule has 10 heteroatoms. The maximum Gasteiger partial charge on any atom is 0.423 e. The summed E-state index contributed by atoms with van der Waals surface area (Å²) in [7, 11) is 0. The van der Waals surface area contributed by atoms with E-state index in [1.54, 1.807) is 36.5 Å². The normalized spacial score (nSPS) is 13.1. The predicted molar refractivity (Wildman–Crippen MR) is 113 cm³/mol. The fraction of sp³-hybridized carbons (Fsp3) is 0.143. The Balaban J connectivity index is 1.51. The molecule has 1 aromatic carbocycles. The maximum atomic E-state index is 13.1. The van der Waals surface area contributed by atoms with E-state index in [1.807, 2.05) is 11.0 Å². The molecule has 4 aromatic rings. The number of rotatable bonds is 3. The van der Waals surface area contributed by atoms with Crippen molar-refractivity contribution < 1.29 is 13.4 Å². The molecule has 0 spiro atoms. The molecule has 1 aliphatic heterocycles. The van der Waals surface area contributed by atoms with E-state index in [2.05, 4.69) is 16.0 Å². The average Bonchev–Trinajstić information content (AvgIpc) is 3.40. The molecule has 0 saturated carbocycles. The molecule has 0 radical (unpaired) electrons. The van der Waals surface area contributed by atoms with E-state index in [1.165, 1.54) is 21.1 Å². The van der Waals surface area contributed by atoms with Gasteiger partial charge in [-0.1, -0.05) is 18.2 Å². The monoisotopic (exact) mass is 434 g/mol. The fourth-order valence-corrected chi connectivity index (χ4v) is 4.16. The number of carbonyl (C=O) groups is 1. The predicted octanol–water partition coefficient (Wildman–Crippen LogP) is 4.10. The number of ether oxygens (including phenoxy) is 1. The van der Waals surface area contributed by atoms with Crippen molar-refractivity contribution in [3.63, 3.8) is 0 Å². The summed E-state index contributed by atoms with van der Waals surface area (Å²) in [6, 6.07) is 12.7. The van der Waals surface area contributed by atoms with Gasteiger partial charge >= 0.3 is 6.09 Å². The van der Waals surface area contributed by atoms with Crippen LogP contribution in [0.25, 0.3) is 11.0 Å². The Bertz CT molecular complexity index is 1330. The standard InChI is InChI=1S/C21H15FN6O2S/c22-31-28-9-7-17-19(24-13-25-20(17)28)26-8-6-16-14(10-23)11-27(18(16)12-26)21(29)30-15-4-2-1-3-5-15/h1-5,7,9,11,13H,6,8,12H2. The van der Waals surface area contributed by atoms with Crippen LogP contribution < -0.4 is 9.64 Å². The molecule has 1 aliphatic rings. The third-order valence-electron chi connectivity index (χ3n) is 5.26.